The molecular formula is C49H45N8O7S2+. The van der Waals surface area contributed by atoms with Crippen LogP contribution in [0, 0.1) is 0 Å². The van der Waals surface area contributed by atoms with Gasteiger partial charge in [-0.05, 0) is 46.5 Å². The lowest BCUT2D eigenvalue weighted by Crippen LogP contribution is -2.71. The predicted molar refractivity (Wildman–Crippen MR) is 250 cm³/mol. The van der Waals surface area contributed by atoms with Gasteiger partial charge in [-0.15, -0.1) is 32.5 Å². The SMILES string of the molecule is CO/N=C(\C(=O)N[C@@H]1C(=O)N2C(C(=O)OCc3ccc(OC)cc3)=C(C[n+]3nn(CCO)c4ccccc43)CS[C@H]12)c1csc(NC(c2ccccc2)(c2ccccc2)c2ccccc2)n1. The summed E-state index contributed by atoms with van der Waals surface area (Å²) in [6.07, 6.45) is 0. The number of para-hydroxylation sites is 2. The normalized spacial score (nSPS) is 16.1. The van der Waals surface area contributed by atoms with Crippen molar-refractivity contribution in [2.75, 3.05) is 31.9 Å². The van der Waals surface area contributed by atoms with Gasteiger partial charge in [-0.2, -0.15) is 0 Å². The molecule has 0 radical (unpaired) electrons. The van der Waals surface area contributed by atoms with Crippen molar-refractivity contribution in [3.8, 4) is 5.75 Å². The number of esters is 1. The zero-order chi connectivity index (χ0) is 45.6. The second-order valence-corrected chi connectivity index (χ2v) is 17.3. The van der Waals surface area contributed by atoms with Crippen molar-refractivity contribution < 1.29 is 38.5 Å². The van der Waals surface area contributed by atoms with E-state index in [2.05, 4.69) is 52.2 Å². The molecule has 66 heavy (non-hydrogen) atoms. The molecule has 2 atom stereocenters. The van der Waals surface area contributed by atoms with Crippen molar-refractivity contribution >= 4 is 62.8 Å². The number of ether oxygens (including phenoxy) is 2. The van der Waals surface area contributed by atoms with Gasteiger partial charge in [0.15, 0.2) is 21.9 Å². The van der Waals surface area contributed by atoms with Crippen molar-refractivity contribution in [3.05, 3.63) is 184 Å². The first kappa shape index (κ1) is 43.9. The summed E-state index contributed by atoms with van der Waals surface area (Å²) in [6, 6.07) is 44.0. The van der Waals surface area contributed by atoms with Crippen LogP contribution in [0.5, 0.6) is 5.75 Å². The van der Waals surface area contributed by atoms with Gasteiger partial charge in [0.05, 0.1) is 18.9 Å². The lowest BCUT2D eigenvalue weighted by molar-refractivity contribution is -0.725. The molecular weight excluding hydrogens is 877 g/mol. The molecule has 1 saturated heterocycles. The highest BCUT2D eigenvalue weighted by Gasteiger charge is 2.55. The predicted octanol–water partition coefficient (Wildman–Crippen LogP) is 5.63. The Morgan fingerprint density at radius 2 is 1.52 bits per heavy atom. The number of amides is 2. The molecule has 2 amide bonds. The summed E-state index contributed by atoms with van der Waals surface area (Å²) >= 11 is 2.71. The van der Waals surface area contributed by atoms with Crippen LogP contribution in [0.4, 0.5) is 5.13 Å². The van der Waals surface area contributed by atoms with Crippen LogP contribution in [0.15, 0.2) is 161 Å². The summed E-state index contributed by atoms with van der Waals surface area (Å²) in [7, 11) is 2.91. The first-order chi connectivity index (χ1) is 32.3. The molecule has 2 aliphatic heterocycles. The van der Waals surface area contributed by atoms with Crippen molar-refractivity contribution in [1.29, 1.82) is 0 Å². The number of aliphatic hydroxyl groups is 1. The number of rotatable bonds is 17. The number of nitrogens with one attached hydrogen (secondary N) is 2. The number of thioether (sulfide) groups is 1. The quantitative estimate of drug-likeness (QED) is 0.0258. The number of thiazole rings is 1. The molecule has 334 valence electrons. The van der Waals surface area contributed by atoms with E-state index in [9.17, 15) is 19.5 Å². The van der Waals surface area contributed by atoms with E-state index >= 15 is 0 Å². The summed E-state index contributed by atoms with van der Waals surface area (Å²) in [6.45, 7) is 0.275. The number of β-lactam (4-membered cyclic amide) rings is 1. The van der Waals surface area contributed by atoms with Gasteiger partial charge in [0.25, 0.3) is 11.8 Å². The Bertz CT molecular complexity index is 2830. The fraction of sp³-hybridized carbons (Fsp3) is 0.204. The molecule has 3 N–H and O–H groups in total. The number of benzene rings is 5. The van der Waals surface area contributed by atoms with Crippen LogP contribution in [-0.2, 0) is 49.2 Å². The number of anilines is 1. The number of hydrogen-bond donors (Lipinski definition) is 3. The van der Waals surface area contributed by atoms with Gasteiger partial charge in [-0.3, -0.25) is 14.5 Å². The zero-order valence-corrected chi connectivity index (χ0v) is 37.6. The number of hydrogen-bond acceptors (Lipinski definition) is 13. The maximum Gasteiger partial charge on any atom is 0.355 e. The highest BCUT2D eigenvalue weighted by molar-refractivity contribution is 8.00. The Morgan fingerprint density at radius 1 is 0.879 bits per heavy atom. The molecule has 0 saturated carbocycles. The Hall–Kier alpha value is -7.34. The van der Waals surface area contributed by atoms with Crippen LogP contribution in [0.3, 0.4) is 0 Å². The van der Waals surface area contributed by atoms with Gasteiger partial charge < -0.3 is 30.1 Å². The summed E-state index contributed by atoms with van der Waals surface area (Å²) in [5.74, 6) is -0.874. The van der Waals surface area contributed by atoms with Gasteiger partial charge in [0, 0.05) is 16.7 Å². The Kier molecular flexibility index (Phi) is 12.9. The molecule has 1 fully saturated rings. The average Bonchev–Trinajstić information content (AvgIpc) is 3.98. The first-order valence-corrected chi connectivity index (χ1v) is 23.0. The second-order valence-electron chi connectivity index (χ2n) is 15.4. The van der Waals surface area contributed by atoms with Gasteiger partial charge in [0.2, 0.25) is 0 Å². The summed E-state index contributed by atoms with van der Waals surface area (Å²) < 4.78 is 14.6. The van der Waals surface area contributed by atoms with E-state index in [1.807, 2.05) is 78.9 Å². The zero-order valence-electron chi connectivity index (χ0n) is 35.9. The number of carbonyl (C=O) groups is 3. The van der Waals surface area contributed by atoms with E-state index in [4.69, 9.17) is 24.5 Å². The van der Waals surface area contributed by atoms with Gasteiger partial charge in [-0.25, -0.2) is 9.78 Å². The Balaban J connectivity index is 0.983. The lowest BCUT2D eigenvalue weighted by atomic mass is 9.77. The molecule has 0 spiro atoms. The van der Waals surface area contributed by atoms with E-state index in [0.717, 1.165) is 33.3 Å². The topological polar surface area (TPSA) is 173 Å². The number of oxime groups is 1. The number of aliphatic hydroxyl groups excluding tert-OH is 1. The molecule has 5 aromatic carbocycles. The summed E-state index contributed by atoms with van der Waals surface area (Å²) in [5, 5.41) is 26.7. The Morgan fingerprint density at radius 3 is 2.14 bits per heavy atom. The van der Waals surface area contributed by atoms with E-state index in [0.29, 0.717) is 22.2 Å². The number of aromatic nitrogens is 4. The first-order valence-electron chi connectivity index (χ1n) is 21.1. The number of fused-ring (bicyclic) bond motifs is 2. The van der Waals surface area contributed by atoms with Crippen molar-refractivity contribution in [2.24, 2.45) is 5.16 Å². The highest BCUT2D eigenvalue weighted by Crippen LogP contribution is 2.42. The van der Waals surface area contributed by atoms with Crippen LogP contribution < -0.4 is 20.1 Å². The fourth-order valence-electron chi connectivity index (χ4n) is 8.30. The molecule has 2 aliphatic rings. The molecule has 7 aromatic rings. The van der Waals surface area contributed by atoms with E-state index < -0.39 is 34.7 Å². The maximum atomic E-state index is 14.3. The van der Waals surface area contributed by atoms with E-state index in [-0.39, 0.29) is 43.4 Å². The van der Waals surface area contributed by atoms with Gasteiger partial charge in [0.1, 0.15) is 60.9 Å². The minimum atomic E-state index is -1.01. The van der Waals surface area contributed by atoms with Crippen molar-refractivity contribution in [1.82, 2.24) is 25.1 Å². The molecule has 0 unspecified atom stereocenters. The third kappa shape index (κ3) is 8.51. The number of carbonyl (C=O) groups excluding carboxylic acids is 3. The van der Waals surface area contributed by atoms with Crippen LogP contribution in [0.25, 0.3) is 11.0 Å². The molecule has 15 nitrogen and oxygen atoms in total. The molecule has 9 rings (SSSR count). The van der Waals surface area contributed by atoms with Crippen molar-refractivity contribution in [3.63, 3.8) is 0 Å². The Labute approximate surface area is 388 Å². The third-order valence-electron chi connectivity index (χ3n) is 11.4. The average molecular weight is 922 g/mol. The standard InChI is InChI=1S/C49H44N8O7S2/c1-62-37-24-22-32(23-25-37)29-64-47(61)43-33(28-56-40-21-13-12-20-39(40)55(54-56)26-27-58)30-65-46-42(45(60)57(43)46)51-44(59)41(53-63-2)38-31-66-48(50-38)52-49(34-14-6-3-7-15-34,35-16-8-4-9-17-35)36-18-10-5-11-19-36/h3-25,31,42,46,58H,26-30H2,1-2H3,(H-,50,51,52,59)/p+1/b53-41-/t42-,46-/m1/s1. The lowest BCUT2D eigenvalue weighted by Gasteiger charge is -2.49. The summed E-state index contributed by atoms with van der Waals surface area (Å²) in [4.78, 5) is 54.1. The highest BCUT2D eigenvalue weighted by atomic mass is 32.2. The fourth-order valence-corrected chi connectivity index (χ4v) is 10.4. The van der Waals surface area contributed by atoms with Crippen LogP contribution >= 0.6 is 23.1 Å². The maximum absolute atomic E-state index is 14.3. The molecule has 17 heteroatoms. The monoisotopic (exact) mass is 921 g/mol. The van der Waals surface area contributed by atoms with Gasteiger partial charge in [-0.1, -0.05) is 120 Å². The molecule has 2 aromatic heterocycles. The largest absolute Gasteiger partial charge is 0.497 e. The minimum absolute atomic E-state index is 0.0503. The molecule has 0 aliphatic carbocycles. The third-order valence-corrected chi connectivity index (χ3v) is 13.5. The van der Waals surface area contributed by atoms with Crippen LogP contribution in [0.1, 0.15) is 27.9 Å². The summed E-state index contributed by atoms with van der Waals surface area (Å²) in [5.41, 5.74) is 5.19. The van der Waals surface area contributed by atoms with E-state index in [1.54, 1.807) is 46.1 Å². The number of nitrogens with zero attached hydrogens (tertiary/aromatic N) is 6. The van der Waals surface area contributed by atoms with Crippen molar-refractivity contribution in [2.45, 2.75) is 36.7 Å². The smallest absolute Gasteiger partial charge is 0.355 e. The van der Waals surface area contributed by atoms with Gasteiger partial charge >= 0.3 is 5.97 Å². The minimum Gasteiger partial charge on any atom is -0.497 e. The van der Waals surface area contributed by atoms with Crippen LogP contribution in [-0.4, -0.2) is 86.4 Å². The molecule has 0 bridgehead atoms. The second kappa shape index (κ2) is 19.4. The van der Waals surface area contributed by atoms with Crippen LogP contribution in [0.2, 0.25) is 0 Å². The van der Waals surface area contributed by atoms with E-state index in [1.165, 1.54) is 35.1 Å². The number of methoxy groups -OCH3 is 1. The molecule has 4 heterocycles.